The standard InChI is InChI=1S/C37H42ClN3O5S2/c1-4-6-24-39-37(43)35(25-28-12-8-7-9-13-28)40(26-29-14-10-11-15-34(29)38)36(42)27-41(30-16-18-31(19-17-30)46-5-2)48(44,45)33-22-20-32(47-3)21-23-33/h7-23,35H,4-6,24-27H2,1-3H3,(H,39,43)/t35-/m0/s1. The first-order chi connectivity index (χ1) is 23.2. The molecule has 11 heteroatoms. The van der Waals surface area contributed by atoms with E-state index >= 15 is 0 Å². The van der Waals surface area contributed by atoms with E-state index in [1.54, 1.807) is 54.6 Å². The number of carbonyl (C=O) groups is 2. The minimum atomic E-state index is -4.23. The van der Waals surface area contributed by atoms with Crippen LogP contribution in [0.2, 0.25) is 5.02 Å². The summed E-state index contributed by atoms with van der Waals surface area (Å²) < 4.78 is 35.3. The molecule has 0 saturated carbocycles. The molecule has 0 aromatic heterocycles. The van der Waals surface area contributed by atoms with Gasteiger partial charge in [0.25, 0.3) is 10.0 Å². The number of hydrogen-bond donors (Lipinski definition) is 1. The monoisotopic (exact) mass is 707 g/mol. The zero-order valence-corrected chi connectivity index (χ0v) is 29.9. The summed E-state index contributed by atoms with van der Waals surface area (Å²) >= 11 is 8.08. The molecule has 0 radical (unpaired) electrons. The Bertz CT molecular complexity index is 1740. The van der Waals surface area contributed by atoms with Gasteiger partial charge in [-0.2, -0.15) is 0 Å². The molecule has 0 heterocycles. The van der Waals surface area contributed by atoms with Crippen molar-refractivity contribution in [1.82, 2.24) is 10.2 Å². The van der Waals surface area contributed by atoms with Gasteiger partial charge in [-0.1, -0.05) is 73.5 Å². The van der Waals surface area contributed by atoms with Crippen LogP contribution in [0.1, 0.15) is 37.8 Å². The average Bonchev–Trinajstić information content (AvgIpc) is 3.10. The number of anilines is 1. The molecule has 2 amide bonds. The van der Waals surface area contributed by atoms with Crippen LogP contribution in [0.4, 0.5) is 5.69 Å². The maximum atomic E-state index is 14.6. The number of nitrogens with one attached hydrogen (secondary N) is 1. The van der Waals surface area contributed by atoms with Crippen molar-refractivity contribution in [3.8, 4) is 5.75 Å². The highest BCUT2D eigenvalue weighted by Gasteiger charge is 2.35. The van der Waals surface area contributed by atoms with E-state index in [-0.39, 0.29) is 29.5 Å². The molecule has 1 N–H and O–H groups in total. The predicted octanol–water partition coefficient (Wildman–Crippen LogP) is 7.21. The first kappa shape index (κ1) is 36.8. The lowest BCUT2D eigenvalue weighted by Crippen LogP contribution is -2.53. The molecule has 0 aliphatic carbocycles. The zero-order chi connectivity index (χ0) is 34.5. The van der Waals surface area contributed by atoms with Gasteiger partial charge in [0.05, 0.1) is 17.2 Å². The molecule has 0 unspecified atom stereocenters. The largest absolute Gasteiger partial charge is 0.494 e. The molecule has 0 aliphatic rings. The Labute approximate surface area is 293 Å². The van der Waals surface area contributed by atoms with Gasteiger partial charge in [-0.3, -0.25) is 13.9 Å². The molecule has 4 aromatic rings. The summed E-state index contributed by atoms with van der Waals surface area (Å²) in [5.41, 5.74) is 1.77. The van der Waals surface area contributed by atoms with Crippen LogP contribution in [-0.4, -0.2) is 57.1 Å². The Morgan fingerprint density at radius 2 is 1.56 bits per heavy atom. The fourth-order valence-electron chi connectivity index (χ4n) is 5.15. The van der Waals surface area contributed by atoms with Crippen LogP contribution in [0.15, 0.2) is 113 Å². The number of carbonyl (C=O) groups excluding carboxylic acids is 2. The lowest BCUT2D eigenvalue weighted by atomic mass is 10.0. The number of sulfonamides is 1. The number of thioether (sulfide) groups is 1. The lowest BCUT2D eigenvalue weighted by Gasteiger charge is -2.34. The van der Waals surface area contributed by atoms with Crippen molar-refractivity contribution >= 4 is 50.9 Å². The number of ether oxygens (including phenoxy) is 1. The number of nitrogens with zero attached hydrogens (tertiary/aromatic N) is 2. The number of halogens is 1. The summed E-state index contributed by atoms with van der Waals surface area (Å²) in [5.74, 6) is -0.309. The zero-order valence-electron chi connectivity index (χ0n) is 27.5. The van der Waals surface area contributed by atoms with Crippen LogP contribution in [-0.2, 0) is 32.6 Å². The van der Waals surface area contributed by atoms with Crippen molar-refractivity contribution in [3.05, 3.63) is 119 Å². The van der Waals surface area contributed by atoms with Crippen molar-refractivity contribution in [2.75, 3.05) is 30.3 Å². The second-order valence-electron chi connectivity index (χ2n) is 11.1. The van der Waals surface area contributed by atoms with E-state index in [1.165, 1.54) is 28.8 Å². The number of amides is 2. The molecule has 4 rings (SSSR count). The molecule has 0 bridgehead atoms. The lowest BCUT2D eigenvalue weighted by molar-refractivity contribution is -0.140. The van der Waals surface area contributed by atoms with Gasteiger partial charge in [0.1, 0.15) is 18.3 Å². The third kappa shape index (κ3) is 9.78. The Balaban J connectivity index is 1.80. The van der Waals surface area contributed by atoms with Crippen LogP contribution < -0.4 is 14.4 Å². The summed E-state index contributed by atoms with van der Waals surface area (Å²) in [7, 11) is -4.23. The Kier molecular flexibility index (Phi) is 13.8. The molecule has 8 nitrogen and oxygen atoms in total. The molecule has 0 saturated heterocycles. The summed E-state index contributed by atoms with van der Waals surface area (Å²) in [5, 5.41) is 3.43. The van der Waals surface area contributed by atoms with E-state index < -0.39 is 28.5 Å². The van der Waals surface area contributed by atoms with Gasteiger partial charge in [-0.05, 0) is 85.3 Å². The fraction of sp³-hybridized carbons (Fsp3) is 0.297. The molecule has 1 atom stereocenters. The van der Waals surface area contributed by atoms with E-state index in [0.717, 1.165) is 27.6 Å². The Morgan fingerprint density at radius 1 is 0.896 bits per heavy atom. The van der Waals surface area contributed by atoms with Crippen LogP contribution in [0.25, 0.3) is 0 Å². The number of unbranched alkanes of at least 4 members (excludes halogenated alkanes) is 1. The first-order valence-electron chi connectivity index (χ1n) is 15.9. The van der Waals surface area contributed by atoms with Gasteiger partial charge >= 0.3 is 0 Å². The van der Waals surface area contributed by atoms with E-state index in [2.05, 4.69) is 5.32 Å². The maximum absolute atomic E-state index is 14.6. The number of rotatable bonds is 17. The van der Waals surface area contributed by atoms with Crippen molar-refractivity contribution in [2.24, 2.45) is 0 Å². The SMILES string of the molecule is CCCCNC(=O)[C@H](Cc1ccccc1)N(Cc1ccccc1Cl)C(=O)CN(c1ccc(OCC)cc1)S(=O)(=O)c1ccc(SC)cc1. The normalized spacial score (nSPS) is 11.8. The van der Waals surface area contributed by atoms with Crippen LogP contribution in [0.3, 0.4) is 0 Å². The van der Waals surface area contributed by atoms with Crippen LogP contribution in [0, 0.1) is 0 Å². The summed E-state index contributed by atoms with van der Waals surface area (Å²) in [4.78, 5) is 30.9. The molecule has 0 aliphatic heterocycles. The summed E-state index contributed by atoms with van der Waals surface area (Å²) in [6.45, 7) is 4.23. The van der Waals surface area contributed by atoms with E-state index in [1.807, 2.05) is 56.5 Å². The summed E-state index contributed by atoms with van der Waals surface area (Å²) in [6.07, 6.45) is 3.80. The minimum absolute atomic E-state index is 0.00318. The second-order valence-corrected chi connectivity index (χ2v) is 14.2. The first-order valence-corrected chi connectivity index (χ1v) is 19.0. The molecule has 0 spiro atoms. The highest BCUT2D eigenvalue weighted by Crippen LogP contribution is 2.28. The van der Waals surface area contributed by atoms with Crippen molar-refractivity contribution in [2.45, 2.75) is 55.5 Å². The third-order valence-corrected chi connectivity index (χ3v) is 10.7. The van der Waals surface area contributed by atoms with Crippen molar-refractivity contribution in [1.29, 1.82) is 0 Å². The highest BCUT2D eigenvalue weighted by molar-refractivity contribution is 7.98. The van der Waals surface area contributed by atoms with Crippen molar-refractivity contribution in [3.63, 3.8) is 0 Å². The molecular formula is C37H42ClN3O5S2. The Morgan fingerprint density at radius 3 is 2.19 bits per heavy atom. The van der Waals surface area contributed by atoms with Gasteiger partial charge in [0.2, 0.25) is 11.8 Å². The van der Waals surface area contributed by atoms with E-state index in [0.29, 0.717) is 29.5 Å². The van der Waals surface area contributed by atoms with Crippen LogP contribution >= 0.6 is 23.4 Å². The predicted molar refractivity (Wildman–Crippen MR) is 194 cm³/mol. The topological polar surface area (TPSA) is 96.0 Å². The second kappa shape index (κ2) is 18.0. The highest BCUT2D eigenvalue weighted by atomic mass is 35.5. The van der Waals surface area contributed by atoms with Gasteiger partial charge in [0, 0.05) is 29.4 Å². The smallest absolute Gasteiger partial charge is 0.264 e. The van der Waals surface area contributed by atoms with E-state index in [4.69, 9.17) is 16.3 Å². The van der Waals surface area contributed by atoms with Gasteiger partial charge in [-0.15, -0.1) is 11.8 Å². The van der Waals surface area contributed by atoms with Gasteiger partial charge in [0.15, 0.2) is 0 Å². The van der Waals surface area contributed by atoms with Crippen LogP contribution in [0.5, 0.6) is 5.75 Å². The average molecular weight is 708 g/mol. The maximum Gasteiger partial charge on any atom is 0.264 e. The van der Waals surface area contributed by atoms with Gasteiger partial charge < -0.3 is 15.0 Å². The molecular weight excluding hydrogens is 666 g/mol. The Hall–Kier alpha value is -3.99. The van der Waals surface area contributed by atoms with Crippen molar-refractivity contribution < 1.29 is 22.7 Å². The number of benzene rings is 4. The summed E-state index contributed by atoms with van der Waals surface area (Å²) in [6, 6.07) is 28.7. The third-order valence-electron chi connectivity index (χ3n) is 7.76. The molecule has 48 heavy (non-hydrogen) atoms. The van der Waals surface area contributed by atoms with Gasteiger partial charge in [-0.25, -0.2) is 8.42 Å². The number of hydrogen-bond acceptors (Lipinski definition) is 6. The molecule has 0 fully saturated rings. The minimum Gasteiger partial charge on any atom is -0.494 e. The fourth-order valence-corrected chi connectivity index (χ4v) is 7.17. The molecule has 254 valence electrons. The van der Waals surface area contributed by atoms with E-state index in [9.17, 15) is 18.0 Å². The molecule has 4 aromatic carbocycles. The quantitative estimate of drug-likeness (QED) is 0.0921.